The van der Waals surface area contributed by atoms with Gasteiger partial charge in [0.15, 0.2) is 0 Å². The predicted octanol–water partition coefficient (Wildman–Crippen LogP) is 7.55. The molecule has 0 aliphatic heterocycles. The van der Waals surface area contributed by atoms with E-state index in [0.29, 0.717) is 10.8 Å². The molecular formula is C29H46O. The third-order valence-corrected chi connectivity index (χ3v) is 11.3. The van der Waals surface area contributed by atoms with Crippen molar-refractivity contribution in [2.45, 2.75) is 105 Å². The molecule has 0 bridgehead atoms. The van der Waals surface area contributed by atoms with Crippen molar-refractivity contribution in [1.29, 1.82) is 0 Å². The fourth-order valence-corrected chi connectivity index (χ4v) is 9.73. The zero-order valence-electron chi connectivity index (χ0n) is 20.5. The lowest BCUT2D eigenvalue weighted by Crippen LogP contribution is -2.50. The molecule has 0 aromatic rings. The Labute approximate surface area is 185 Å². The molecular weight excluding hydrogens is 364 g/mol. The fourth-order valence-electron chi connectivity index (χ4n) is 9.73. The smallest absolute Gasteiger partial charge is 0.0577 e. The first-order chi connectivity index (χ1) is 14.2. The molecule has 5 aliphatic rings. The molecule has 3 saturated carbocycles. The number of allylic oxidation sites excluding steroid dienone is 3. The Bertz CT molecular complexity index is 758. The predicted molar refractivity (Wildman–Crippen MR) is 126 cm³/mol. The zero-order valence-corrected chi connectivity index (χ0v) is 20.5. The van der Waals surface area contributed by atoms with Crippen LogP contribution in [-0.2, 0) is 0 Å². The molecule has 1 nitrogen and oxygen atoms in total. The normalized spacial score (nSPS) is 48.7. The number of aliphatic hydroxyl groups is 1. The summed E-state index contributed by atoms with van der Waals surface area (Å²) in [6.07, 6.45) is 14.2. The van der Waals surface area contributed by atoms with Crippen LogP contribution in [0.4, 0.5) is 0 Å². The van der Waals surface area contributed by atoms with Gasteiger partial charge in [0.2, 0.25) is 0 Å². The first-order valence-corrected chi connectivity index (χ1v) is 13.2. The van der Waals surface area contributed by atoms with E-state index in [2.05, 4.69) is 47.6 Å². The lowest BCUT2D eigenvalue weighted by molar-refractivity contribution is -0.0574. The van der Waals surface area contributed by atoms with Gasteiger partial charge in [-0.1, -0.05) is 57.4 Å². The van der Waals surface area contributed by atoms with Crippen molar-refractivity contribution in [1.82, 2.24) is 0 Å². The van der Waals surface area contributed by atoms with Gasteiger partial charge in [-0.2, -0.15) is 0 Å². The minimum absolute atomic E-state index is 0.0818. The first kappa shape index (κ1) is 21.3. The largest absolute Gasteiger partial charge is 0.393 e. The zero-order chi connectivity index (χ0) is 21.4. The Hall–Kier alpha value is -0.560. The Morgan fingerprint density at radius 1 is 1.03 bits per heavy atom. The molecule has 0 unspecified atom stereocenters. The van der Waals surface area contributed by atoms with E-state index in [1.807, 2.05) is 0 Å². The summed E-state index contributed by atoms with van der Waals surface area (Å²) in [5.41, 5.74) is 6.07. The lowest BCUT2D eigenvalue weighted by atomic mass is 9.47. The quantitative estimate of drug-likeness (QED) is 0.474. The van der Waals surface area contributed by atoms with Gasteiger partial charge in [-0.3, -0.25) is 0 Å². The highest BCUT2D eigenvalue weighted by molar-refractivity contribution is 5.40. The van der Waals surface area contributed by atoms with Gasteiger partial charge in [-0.15, -0.1) is 0 Å². The summed E-state index contributed by atoms with van der Waals surface area (Å²) in [7, 11) is 0. The Morgan fingerprint density at radius 2 is 1.80 bits per heavy atom. The standard InChI is InChI=1S/C29H46O/c1-17(2)27-19(4)23(27)15-18(3)24-9-10-25-22-8-7-20-16-21(30)11-13-28(20,5)26(22)12-14-29(24,25)6/h7,17-18,21-26,30H,8-16H2,1-6H3/t18-,21+,22+,23-,24-,25+,26-,28+,29-/m1/s1. The molecule has 3 fully saturated rings. The van der Waals surface area contributed by atoms with E-state index in [-0.39, 0.29) is 6.10 Å². The lowest BCUT2D eigenvalue weighted by Gasteiger charge is -2.58. The second-order valence-electron chi connectivity index (χ2n) is 12.9. The third kappa shape index (κ3) is 3.04. The molecule has 1 heteroatoms. The molecule has 1 N–H and O–H groups in total. The van der Waals surface area contributed by atoms with Gasteiger partial charge >= 0.3 is 0 Å². The molecule has 0 spiro atoms. The first-order valence-electron chi connectivity index (χ1n) is 13.2. The van der Waals surface area contributed by atoms with E-state index in [0.717, 1.165) is 54.3 Å². The van der Waals surface area contributed by atoms with Gasteiger partial charge in [0.1, 0.15) is 0 Å². The van der Waals surface area contributed by atoms with Crippen molar-refractivity contribution in [3.8, 4) is 0 Å². The third-order valence-electron chi connectivity index (χ3n) is 11.3. The average Bonchev–Trinajstić information content (AvgIpc) is 3.17. The molecule has 0 saturated heterocycles. The molecule has 0 heterocycles. The van der Waals surface area contributed by atoms with Crippen molar-refractivity contribution in [3.63, 3.8) is 0 Å². The molecule has 168 valence electrons. The number of hydrogen-bond acceptors (Lipinski definition) is 1. The van der Waals surface area contributed by atoms with Crippen molar-refractivity contribution >= 4 is 0 Å². The Kier molecular flexibility index (Phi) is 5.13. The maximum Gasteiger partial charge on any atom is 0.0577 e. The highest BCUT2D eigenvalue weighted by atomic mass is 16.3. The van der Waals surface area contributed by atoms with Crippen molar-refractivity contribution in [2.24, 2.45) is 52.3 Å². The van der Waals surface area contributed by atoms with Crippen LogP contribution < -0.4 is 0 Å². The van der Waals surface area contributed by atoms with Crippen LogP contribution in [0.2, 0.25) is 0 Å². The Balaban J connectivity index is 1.32. The van der Waals surface area contributed by atoms with Gasteiger partial charge in [-0.05, 0) is 111 Å². The second-order valence-corrected chi connectivity index (χ2v) is 12.9. The molecule has 0 radical (unpaired) electrons. The summed E-state index contributed by atoms with van der Waals surface area (Å²) in [5.74, 6) is 6.09. The summed E-state index contributed by atoms with van der Waals surface area (Å²) >= 11 is 0. The minimum atomic E-state index is -0.0818. The van der Waals surface area contributed by atoms with Crippen LogP contribution in [0.15, 0.2) is 22.8 Å². The second kappa shape index (κ2) is 7.23. The van der Waals surface area contributed by atoms with Crippen molar-refractivity contribution in [2.75, 3.05) is 0 Å². The number of rotatable bonds is 4. The van der Waals surface area contributed by atoms with Crippen LogP contribution in [0.3, 0.4) is 0 Å². The fraction of sp³-hybridized carbons (Fsp3) is 0.862. The monoisotopic (exact) mass is 410 g/mol. The maximum absolute atomic E-state index is 10.2. The molecule has 0 amide bonds. The minimum Gasteiger partial charge on any atom is -0.393 e. The van der Waals surface area contributed by atoms with Crippen LogP contribution in [0.1, 0.15) is 99.3 Å². The van der Waals surface area contributed by atoms with E-state index >= 15 is 0 Å². The van der Waals surface area contributed by atoms with Crippen LogP contribution in [0.25, 0.3) is 0 Å². The summed E-state index contributed by atoms with van der Waals surface area (Å²) in [5, 5.41) is 10.2. The summed E-state index contributed by atoms with van der Waals surface area (Å²) < 4.78 is 0. The summed E-state index contributed by atoms with van der Waals surface area (Å²) in [4.78, 5) is 0. The highest BCUT2D eigenvalue weighted by Gasteiger charge is 2.59. The van der Waals surface area contributed by atoms with Crippen LogP contribution in [0.5, 0.6) is 0 Å². The molecule has 5 aliphatic carbocycles. The van der Waals surface area contributed by atoms with Gasteiger partial charge < -0.3 is 5.11 Å². The van der Waals surface area contributed by atoms with E-state index in [9.17, 15) is 5.11 Å². The number of fused-ring (bicyclic) bond motifs is 5. The Morgan fingerprint density at radius 3 is 2.50 bits per heavy atom. The average molecular weight is 411 g/mol. The topological polar surface area (TPSA) is 20.2 Å². The highest BCUT2D eigenvalue weighted by Crippen LogP contribution is 2.67. The molecule has 9 atom stereocenters. The van der Waals surface area contributed by atoms with E-state index < -0.39 is 0 Å². The van der Waals surface area contributed by atoms with Gasteiger partial charge in [0.05, 0.1) is 6.10 Å². The van der Waals surface area contributed by atoms with E-state index in [1.165, 1.54) is 44.9 Å². The van der Waals surface area contributed by atoms with Gasteiger partial charge in [0.25, 0.3) is 0 Å². The molecule has 30 heavy (non-hydrogen) atoms. The van der Waals surface area contributed by atoms with Gasteiger partial charge in [0, 0.05) is 5.92 Å². The summed E-state index contributed by atoms with van der Waals surface area (Å²) in [6, 6.07) is 0. The maximum atomic E-state index is 10.2. The van der Waals surface area contributed by atoms with E-state index in [1.54, 1.807) is 16.7 Å². The molecule has 0 aromatic heterocycles. The SMILES string of the molecule is CC1=C(C(C)C)[C@@H]1C[C@@H](C)[C@H]1CC[C@H]2[C@@H]3CC=C4C[C@@H](O)CC[C@]4(C)[C@@H]3CC[C@]12C. The van der Waals surface area contributed by atoms with E-state index in [4.69, 9.17) is 0 Å². The number of aliphatic hydroxyl groups excluding tert-OH is 1. The van der Waals surface area contributed by atoms with Crippen LogP contribution in [-0.4, -0.2) is 11.2 Å². The number of hydrogen-bond donors (Lipinski definition) is 1. The van der Waals surface area contributed by atoms with Gasteiger partial charge in [-0.25, -0.2) is 0 Å². The molecule has 5 rings (SSSR count). The van der Waals surface area contributed by atoms with Crippen molar-refractivity contribution in [3.05, 3.63) is 22.8 Å². The summed E-state index contributed by atoms with van der Waals surface area (Å²) in [6.45, 7) is 15.0. The van der Waals surface area contributed by atoms with Crippen LogP contribution >= 0.6 is 0 Å². The van der Waals surface area contributed by atoms with Crippen LogP contribution in [0, 0.1) is 52.3 Å². The molecule has 0 aromatic carbocycles. The van der Waals surface area contributed by atoms with Crippen molar-refractivity contribution < 1.29 is 5.11 Å².